The molecule has 0 N–H and O–H groups in total. The lowest BCUT2D eigenvalue weighted by Crippen LogP contribution is -2.19. The zero-order valence-electron chi connectivity index (χ0n) is 11.2. The van der Waals surface area contributed by atoms with Gasteiger partial charge in [0.15, 0.2) is 5.78 Å². The first-order valence-corrected chi connectivity index (χ1v) is 5.97. The molecule has 5 heteroatoms. The van der Waals surface area contributed by atoms with E-state index in [1.54, 1.807) is 23.0 Å². The number of benzene rings is 1. The second kappa shape index (κ2) is 5.22. The summed E-state index contributed by atoms with van der Waals surface area (Å²) >= 11 is 0. The highest BCUT2D eigenvalue weighted by Gasteiger charge is 2.16. The van der Waals surface area contributed by atoms with Gasteiger partial charge in [0.1, 0.15) is 5.82 Å². The Bertz CT molecular complexity index is 606. The van der Waals surface area contributed by atoms with Crippen molar-refractivity contribution in [3.05, 3.63) is 47.5 Å². The molecule has 0 aliphatic rings. The lowest BCUT2D eigenvalue weighted by molar-refractivity contribution is 0.101. The summed E-state index contributed by atoms with van der Waals surface area (Å²) in [5.74, 6) is -0.755. The molecule has 1 aromatic heterocycles. The number of aromatic nitrogens is 2. The fraction of sp³-hybridized carbons (Fsp3) is 0.286. The molecule has 100 valence electrons. The van der Waals surface area contributed by atoms with E-state index in [-0.39, 0.29) is 11.3 Å². The second-order valence-electron chi connectivity index (χ2n) is 4.57. The number of hydrogen-bond acceptors (Lipinski definition) is 3. The van der Waals surface area contributed by atoms with Gasteiger partial charge < -0.3 is 4.90 Å². The lowest BCUT2D eigenvalue weighted by atomic mass is 10.1. The molecule has 0 saturated heterocycles. The average Bonchev–Trinajstić information content (AvgIpc) is 2.73. The van der Waals surface area contributed by atoms with E-state index in [9.17, 15) is 9.18 Å². The molecule has 0 aliphatic carbocycles. The predicted octanol–water partition coefficient (Wildman–Crippen LogP) is 2.40. The zero-order chi connectivity index (χ0) is 14.0. The Balaban J connectivity index is 2.31. The molecule has 0 atom stereocenters. The summed E-state index contributed by atoms with van der Waals surface area (Å²) in [4.78, 5) is 13.4. The summed E-state index contributed by atoms with van der Waals surface area (Å²) in [5.41, 5.74) is 1.73. The maximum Gasteiger partial charge on any atom is 0.164 e. The Hall–Kier alpha value is -2.17. The zero-order valence-corrected chi connectivity index (χ0v) is 11.2. The number of aryl methyl sites for hydroxylation is 1. The van der Waals surface area contributed by atoms with Gasteiger partial charge in [-0.15, -0.1) is 0 Å². The van der Waals surface area contributed by atoms with E-state index in [4.69, 9.17) is 0 Å². The summed E-state index contributed by atoms with van der Waals surface area (Å²) in [5, 5.41) is 4.09. The van der Waals surface area contributed by atoms with Gasteiger partial charge in [0.2, 0.25) is 0 Å². The fourth-order valence-electron chi connectivity index (χ4n) is 2.09. The van der Waals surface area contributed by atoms with E-state index in [0.29, 0.717) is 12.2 Å². The molecule has 19 heavy (non-hydrogen) atoms. The predicted molar refractivity (Wildman–Crippen MR) is 71.7 cm³/mol. The first kappa shape index (κ1) is 13.3. The van der Waals surface area contributed by atoms with Crippen LogP contribution in [0.4, 0.5) is 10.1 Å². The van der Waals surface area contributed by atoms with Crippen LogP contribution in [0.3, 0.4) is 0 Å². The average molecular weight is 261 g/mol. The molecule has 1 heterocycles. The highest BCUT2D eigenvalue weighted by molar-refractivity contribution is 5.99. The third kappa shape index (κ3) is 2.81. The van der Waals surface area contributed by atoms with E-state index in [2.05, 4.69) is 5.10 Å². The molecule has 0 spiro atoms. The molecule has 2 aromatic rings. The van der Waals surface area contributed by atoms with Crippen molar-refractivity contribution < 1.29 is 9.18 Å². The van der Waals surface area contributed by atoms with Gasteiger partial charge >= 0.3 is 0 Å². The van der Waals surface area contributed by atoms with Crippen LogP contribution in [0.5, 0.6) is 0 Å². The molecule has 0 saturated carbocycles. The van der Waals surface area contributed by atoms with E-state index >= 15 is 0 Å². The number of carbonyl (C=O) groups excluding carboxylic acids is 1. The van der Waals surface area contributed by atoms with Gasteiger partial charge in [-0.3, -0.25) is 9.48 Å². The largest absolute Gasteiger partial charge is 0.369 e. The topological polar surface area (TPSA) is 38.1 Å². The van der Waals surface area contributed by atoms with Crippen LogP contribution in [0.15, 0.2) is 30.6 Å². The van der Waals surface area contributed by atoms with Gasteiger partial charge in [0.25, 0.3) is 0 Å². The first-order chi connectivity index (χ1) is 8.99. The number of rotatable bonds is 4. The summed E-state index contributed by atoms with van der Waals surface area (Å²) in [6, 6.07) is 4.66. The minimum atomic E-state index is -0.483. The van der Waals surface area contributed by atoms with Crippen LogP contribution in [-0.2, 0) is 13.6 Å². The van der Waals surface area contributed by atoms with Crippen molar-refractivity contribution in [1.29, 1.82) is 0 Å². The number of ketones is 1. The Morgan fingerprint density at radius 1 is 1.47 bits per heavy atom. The van der Waals surface area contributed by atoms with Crippen LogP contribution in [0.25, 0.3) is 0 Å². The Kier molecular flexibility index (Phi) is 3.64. The highest BCUT2D eigenvalue weighted by atomic mass is 19.1. The summed E-state index contributed by atoms with van der Waals surface area (Å²) < 4.78 is 15.4. The monoisotopic (exact) mass is 261 g/mol. The molecular weight excluding hydrogens is 245 g/mol. The SMILES string of the molecule is CC(=O)c1c(F)cccc1N(C)Cc1cnn(C)c1. The normalized spacial score (nSPS) is 10.5. The molecule has 1 aromatic carbocycles. The minimum absolute atomic E-state index is 0.133. The molecule has 0 unspecified atom stereocenters. The van der Waals surface area contributed by atoms with Crippen LogP contribution in [0.2, 0.25) is 0 Å². The third-order valence-electron chi connectivity index (χ3n) is 2.93. The highest BCUT2D eigenvalue weighted by Crippen LogP contribution is 2.24. The van der Waals surface area contributed by atoms with Crippen molar-refractivity contribution >= 4 is 11.5 Å². The van der Waals surface area contributed by atoms with Gasteiger partial charge in [0, 0.05) is 32.4 Å². The number of halogens is 1. The number of nitrogens with zero attached hydrogens (tertiary/aromatic N) is 3. The Labute approximate surface area is 111 Å². The second-order valence-corrected chi connectivity index (χ2v) is 4.57. The van der Waals surface area contributed by atoms with Gasteiger partial charge in [0.05, 0.1) is 17.4 Å². The molecule has 0 aliphatic heterocycles. The van der Waals surface area contributed by atoms with E-state index in [1.807, 2.05) is 25.2 Å². The molecule has 2 rings (SSSR count). The Morgan fingerprint density at radius 2 is 2.21 bits per heavy atom. The standard InChI is InChI=1S/C14H16FN3O/c1-10(19)14-12(15)5-4-6-13(14)17(2)8-11-7-16-18(3)9-11/h4-7,9H,8H2,1-3H3. The fourth-order valence-corrected chi connectivity index (χ4v) is 2.09. The maximum absolute atomic E-state index is 13.7. The number of hydrogen-bond donors (Lipinski definition) is 0. The molecule has 0 amide bonds. The van der Waals surface area contributed by atoms with E-state index in [1.165, 1.54) is 13.0 Å². The minimum Gasteiger partial charge on any atom is -0.369 e. The van der Waals surface area contributed by atoms with Gasteiger partial charge in [-0.05, 0) is 19.1 Å². The third-order valence-corrected chi connectivity index (χ3v) is 2.93. The van der Waals surface area contributed by atoms with E-state index in [0.717, 1.165) is 5.56 Å². The van der Waals surface area contributed by atoms with Gasteiger partial charge in [-0.1, -0.05) is 6.07 Å². The molecule has 0 radical (unpaired) electrons. The van der Waals surface area contributed by atoms with E-state index < -0.39 is 5.82 Å². The van der Waals surface area contributed by atoms with Crippen molar-refractivity contribution in [2.45, 2.75) is 13.5 Å². The van der Waals surface area contributed by atoms with Crippen LogP contribution >= 0.6 is 0 Å². The van der Waals surface area contributed by atoms with Gasteiger partial charge in [-0.2, -0.15) is 5.10 Å². The van der Waals surface area contributed by atoms with Crippen LogP contribution in [-0.4, -0.2) is 22.6 Å². The maximum atomic E-state index is 13.7. The van der Waals surface area contributed by atoms with Crippen LogP contribution in [0, 0.1) is 5.82 Å². The van der Waals surface area contributed by atoms with Crippen molar-refractivity contribution in [3.63, 3.8) is 0 Å². The quantitative estimate of drug-likeness (QED) is 0.793. The number of carbonyl (C=O) groups is 1. The molecule has 0 fully saturated rings. The molecular formula is C14H16FN3O. The van der Waals surface area contributed by atoms with Crippen molar-refractivity contribution in [3.8, 4) is 0 Å². The first-order valence-electron chi connectivity index (χ1n) is 5.97. The number of anilines is 1. The van der Waals surface area contributed by atoms with Crippen molar-refractivity contribution in [2.24, 2.45) is 7.05 Å². The van der Waals surface area contributed by atoms with Gasteiger partial charge in [-0.25, -0.2) is 4.39 Å². The lowest BCUT2D eigenvalue weighted by Gasteiger charge is -2.21. The van der Waals surface area contributed by atoms with Crippen molar-refractivity contribution in [1.82, 2.24) is 9.78 Å². The summed E-state index contributed by atoms with van der Waals surface area (Å²) in [6.07, 6.45) is 3.65. The van der Waals surface area contributed by atoms with Crippen molar-refractivity contribution in [2.75, 3.05) is 11.9 Å². The van der Waals surface area contributed by atoms with Crippen LogP contribution in [0.1, 0.15) is 22.8 Å². The Morgan fingerprint density at radius 3 is 2.79 bits per heavy atom. The smallest absolute Gasteiger partial charge is 0.164 e. The number of Topliss-reactive ketones (excluding diaryl/α,β-unsaturated/α-hetero) is 1. The summed E-state index contributed by atoms with van der Waals surface area (Å²) in [7, 11) is 3.67. The molecule has 0 bridgehead atoms. The summed E-state index contributed by atoms with van der Waals surface area (Å²) in [6.45, 7) is 1.94. The van der Waals surface area contributed by atoms with Crippen LogP contribution < -0.4 is 4.90 Å². The molecule has 4 nitrogen and oxygen atoms in total.